The van der Waals surface area contributed by atoms with Gasteiger partial charge in [-0.3, -0.25) is 9.69 Å². The lowest BCUT2D eigenvalue weighted by Gasteiger charge is -2.34. The van der Waals surface area contributed by atoms with Crippen molar-refractivity contribution in [3.05, 3.63) is 0 Å². The average molecular weight is 281 g/mol. The van der Waals surface area contributed by atoms with E-state index in [0.717, 1.165) is 38.9 Å². The fourth-order valence-electron chi connectivity index (χ4n) is 3.59. The van der Waals surface area contributed by atoms with Crippen molar-refractivity contribution < 1.29 is 4.79 Å². The van der Waals surface area contributed by atoms with E-state index in [1.54, 1.807) is 0 Å². The molecule has 2 fully saturated rings. The molecule has 116 valence electrons. The van der Waals surface area contributed by atoms with E-state index in [9.17, 15) is 4.79 Å². The Morgan fingerprint density at radius 2 is 2.05 bits per heavy atom. The monoisotopic (exact) mass is 281 g/mol. The number of nitrogens with zero attached hydrogens (tertiary/aromatic N) is 1. The van der Waals surface area contributed by atoms with Gasteiger partial charge in [0.15, 0.2) is 0 Å². The second-order valence-corrected chi connectivity index (χ2v) is 6.40. The lowest BCUT2D eigenvalue weighted by atomic mass is 9.95. The molecular weight excluding hydrogens is 250 g/mol. The second kappa shape index (κ2) is 7.99. The van der Waals surface area contributed by atoms with Crippen LogP contribution < -0.4 is 10.6 Å². The van der Waals surface area contributed by atoms with Crippen LogP contribution in [0.3, 0.4) is 0 Å². The fourth-order valence-corrected chi connectivity index (χ4v) is 3.59. The summed E-state index contributed by atoms with van der Waals surface area (Å²) in [5, 5.41) is 6.69. The number of carbonyl (C=O) groups excluding carboxylic acids is 1. The van der Waals surface area contributed by atoms with E-state index in [4.69, 9.17) is 0 Å². The third-order valence-electron chi connectivity index (χ3n) is 4.81. The number of amides is 1. The zero-order valence-corrected chi connectivity index (χ0v) is 13.2. The summed E-state index contributed by atoms with van der Waals surface area (Å²) in [5.74, 6) is 0.234. The molecule has 4 heteroatoms. The number of rotatable bonds is 6. The van der Waals surface area contributed by atoms with Gasteiger partial charge in [-0.25, -0.2) is 0 Å². The first kappa shape index (κ1) is 15.8. The summed E-state index contributed by atoms with van der Waals surface area (Å²) in [7, 11) is 0. The lowest BCUT2D eigenvalue weighted by Crippen LogP contribution is -2.52. The molecule has 0 spiro atoms. The van der Waals surface area contributed by atoms with Crippen LogP contribution in [-0.4, -0.2) is 48.6 Å². The molecule has 0 aromatic rings. The molecule has 1 aliphatic carbocycles. The predicted octanol–water partition coefficient (Wildman–Crippen LogP) is 1.90. The maximum Gasteiger partial charge on any atom is 0.237 e. The first-order valence-electron chi connectivity index (χ1n) is 8.49. The van der Waals surface area contributed by atoms with E-state index >= 15 is 0 Å². The van der Waals surface area contributed by atoms with Crippen molar-refractivity contribution in [3.63, 3.8) is 0 Å². The average Bonchev–Trinajstić information content (AvgIpc) is 2.99. The Bertz CT molecular complexity index is 296. The van der Waals surface area contributed by atoms with Crippen molar-refractivity contribution in [1.82, 2.24) is 15.5 Å². The maximum atomic E-state index is 12.5. The van der Waals surface area contributed by atoms with Gasteiger partial charge >= 0.3 is 0 Å². The molecule has 1 amide bonds. The van der Waals surface area contributed by atoms with Crippen LogP contribution >= 0.6 is 0 Å². The van der Waals surface area contributed by atoms with Gasteiger partial charge in [0.1, 0.15) is 0 Å². The molecule has 2 N–H and O–H groups in total. The van der Waals surface area contributed by atoms with Crippen molar-refractivity contribution in [2.45, 2.75) is 76.9 Å². The topological polar surface area (TPSA) is 44.4 Å². The summed E-state index contributed by atoms with van der Waals surface area (Å²) in [6, 6.07) is 0.952. The fraction of sp³-hybridized carbons (Fsp3) is 0.938. The van der Waals surface area contributed by atoms with Crippen molar-refractivity contribution >= 4 is 5.91 Å². The molecule has 4 nitrogen and oxygen atoms in total. The highest BCUT2D eigenvalue weighted by Crippen LogP contribution is 2.18. The summed E-state index contributed by atoms with van der Waals surface area (Å²) >= 11 is 0. The summed E-state index contributed by atoms with van der Waals surface area (Å²) in [5.41, 5.74) is 0. The first-order chi connectivity index (χ1) is 9.72. The van der Waals surface area contributed by atoms with Crippen LogP contribution in [0.1, 0.15) is 58.8 Å². The van der Waals surface area contributed by atoms with Crippen LogP contribution in [0.5, 0.6) is 0 Å². The van der Waals surface area contributed by atoms with Crippen molar-refractivity contribution in [2.24, 2.45) is 0 Å². The Morgan fingerprint density at radius 1 is 1.30 bits per heavy atom. The zero-order chi connectivity index (χ0) is 14.4. The molecule has 20 heavy (non-hydrogen) atoms. The van der Waals surface area contributed by atoms with Gasteiger partial charge in [-0.2, -0.15) is 0 Å². The minimum absolute atomic E-state index is 0.00164. The summed E-state index contributed by atoms with van der Waals surface area (Å²) in [6.07, 6.45) is 8.47. The highest BCUT2D eigenvalue weighted by atomic mass is 16.2. The molecule has 1 aliphatic heterocycles. The number of carbonyl (C=O) groups is 1. The third kappa shape index (κ3) is 4.19. The van der Waals surface area contributed by atoms with E-state index in [-0.39, 0.29) is 11.9 Å². The summed E-state index contributed by atoms with van der Waals surface area (Å²) in [4.78, 5) is 14.9. The molecule has 0 radical (unpaired) electrons. The lowest BCUT2D eigenvalue weighted by molar-refractivity contribution is -0.127. The molecule has 0 aromatic carbocycles. The number of hydrogen-bond donors (Lipinski definition) is 2. The first-order valence-corrected chi connectivity index (χ1v) is 8.49. The van der Waals surface area contributed by atoms with Gasteiger partial charge in [-0.05, 0) is 45.7 Å². The van der Waals surface area contributed by atoms with E-state index in [1.807, 2.05) is 0 Å². The molecule has 2 aliphatic rings. The standard InChI is InChI=1S/C16H31N3O/c1-3-11-19(15-9-10-17-12-15)13(2)16(20)18-14-7-5-4-6-8-14/h13-15,17H,3-12H2,1-2H3,(H,18,20). The predicted molar refractivity (Wildman–Crippen MR) is 82.7 cm³/mol. The third-order valence-corrected chi connectivity index (χ3v) is 4.81. The molecule has 2 atom stereocenters. The van der Waals surface area contributed by atoms with E-state index in [1.165, 1.54) is 25.7 Å². The summed E-state index contributed by atoms with van der Waals surface area (Å²) in [6.45, 7) is 7.40. The van der Waals surface area contributed by atoms with Crippen molar-refractivity contribution in [1.29, 1.82) is 0 Å². The molecule has 2 unspecified atom stereocenters. The van der Waals surface area contributed by atoms with Gasteiger partial charge < -0.3 is 10.6 Å². The molecule has 1 saturated heterocycles. The number of hydrogen-bond acceptors (Lipinski definition) is 3. The van der Waals surface area contributed by atoms with Crippen LogP contribution in [0.25, 0.3) is 0 Å². The van der Waals surface area contributed by atoms with Gasteiger partial charge in [0.25, 0.3) is 0 Å². The Kier molecular flexibility index (Phi) is 6.30. The van der Waals surface area contributed by atoms with Crippen LogP contribution in [-0.2, 0) is 4.79 Å². The van der Waals surface area contributed by atoms with Crippen molar-refractivity contribution in [2.75, 3.05) is 19.6 Å². The molecule has 2 rings (SSSR count). The van der Waals surface area contributed by atoms with Crippen LogP contribution in [0.2, 0.25) is 0 Å². The Balaban J connectivity index is 1.87. The minimum atomic E-state index is 0.00164. The number of nitrogens with one attached hydrogen (secondary N) is 2. The Labute approximate surface area is 123 Å². The van der Waals surface area contributed by atoms with Gasteiger partial charge in [0, 0.05) is 18.6 Å². The van der Waals surface area contributed by atoms with E-state index < -0.39 is 0 Å². The molecule has 0 aromatic heterocycles. The molecular formula is C16H31N3O. The van der Waals surface area contributed by atoms with Crippen LogP contribution in [0.15, 0.2) is 0 Å². The highest BCUT2D eigenvalue weighted by molar-refractivity contribution is 5.81. The molecule has 0 bridgehead atoms. The van der Waals surface area contributed by atoms with E-state index in [0.29, 0.717) is 12.1 Å². The minimum Gasteiger partial charge on any atom is -0.352 e. The highest BCUT2D eigenvalue weighted by Gasteiger charge is 2.30. The quantitative estimate of drug-likeness (QED) is 0.781. The molecule has 1 heterocycles. The van der Waals surface area contributed by atoms with Gasteiger partial charge in [0.2, 0.25) is 5.91 Å². The summed E-state index contributed by atoms with van der Waals surface area (Å²) < 4.78 is 0. The van der Waals surface area contributed by atoms with Crippen LogP contribution in [0, 0.1) is 0 Å². The Morgan fingerprint density at radius 3 is 2.65 bits per heavy atom. The van der Waals surface area contributed by atoms with Gasteiger partial charge in [0.05, 0.1) is 6.04 Å². The SMILES string of the molecule is CCCN(C1CCNC1)C(C)C(=O)NC1CCCCC1. The Hall–Kier alpha value is -0.610. The smallest absolute Gasteiger partial charge is 0.237 e. The largest absolute Gasteiger partial charge is 0.352 e. The van der Waals surface area contributed by atoms with Crippen molar-refractivity contribution in [3.8, 4) is 0 Å². The van der Waals surface area contributed by atoms with E-state index in [2.05, 4.69) is 29.4 Å². The van der Waals surface area contributed by atoms with Gasteiger partial charge in [-0.15, -0.1) is 0 Å². The molecule has 1 saturated carbocycles. The normalized spacial score (nSPS) is 25.9. The second-order valence-electron chi connectivity index (χ2n) is 6.40. The zero-order valence-electron chi connectivity index (χ0n) is 13.2. The van der Waals surface area contributed by atoms with Gasteiger partial charge in [-0.1, -0.05) is 26.2 Å². The van der Waals surface area contributed by atoms with Crippen LogP contribution in [0.4, 0.5) is 0 Å². The maximum absolute atomic E-state index is 12.5.